The van der Waals surface area contributed by atoms with Crippen molar-refractivity contribution in [2.24, 2.45) is 23.5 Å². The first-order valence-corrected chi connectivity index (χ1v) is 8.84. The molecule has 4 fully saturated rings. The fourth-order valence-electron chi connectivity index (χ4n) is 5.43. The Hall–Kier alpha value is 0.140. The summed E-state index contributed by atoms with van der Waals surface area (Å²) in [6.07, 6.45) is 8.87. The van der Waals surface area contributed by atoms with Gasteiger partial charge in [0, 0.05) is 6.54 Å². The van der Waals surface area contributed by atoms with Crippen LogP contribution in [0.2, 0.25) is 0 Å². The quantitative estimate of drug-likeness (QED) is 0.854. The first-order chi connectivity index (χ1) is 8.70. The number of rotatable bonds is 2. The number of hydrogen-bond donors (Lipinski definition) is 1. The summed E-state index contributed by atoms with van der Waals surface area (Å²) in [7, 11) is 0. The second kappa shape index (κ2) is 4.07. The van der Waals surface area contributed by atoms with Gasteiger partial charge in [-0.05, 0) is 94.1 Å². The van der Waals surface area contributed by atoms with Gasteiger partial charge in [0.05, 0.1) is 3.79 Å². The van der Waals surface area contributed by atoms with Crippen LogP contribution >= 0.6 is 27.3 Å². The Morgan fingerprint density at radius 3 is 2.22 bits per heavy atom. The molecule has 0 aromatic carbocycles. The molecule has 18 heavy (non-hydrogen) atoms. The van der Waals surface area contributed by atoms with Gasteiger partial charge in [-0.1, -0.05) is 0 Å². The average Bonchev–Trinajstić information content (AvgIpc) is 2.69. The van der Waals surface area contributed by atoms with Crippen molar-refractivity contribution in [3.8, 4) is 0 Å². The van der Waals surface area contributed by atoms with Crippen molar-refractivity contribution < 1.29 is 0 Å². The number of hydrogen-bond acceptors (Lipinski definition) is 2. The Balaban J connectivity index is 1.79. The Morgan fingerprint density at radius 1 is 1.17 bits per heavy atom. The average molecular weight is 326 g/mol. The minimum Gasteiger partial charge on any atom is -0.326 e. The van der Waals surface area contributed by atoms with Crippen molar-refractivity contribution in [2.45, 2.75) is 50.5 Å². The van der Waals surface area contributed by atoms with Crippen LogP contribution in [0.4, 0.5) is 0 Å². The van der Waals surface area contributed by atoms with Gasteiger partial charge in [0.25, 0.3) is 0 Å². The van der Waals surface area contributed by atoms with Crippen LogP contribution in [0.3, 0.4) is 0 Å². The Bertz CT molecular complexity index is 444. The summed E-state index contributed by atoms with van der Waals surface area (Å²) in [6.45, 7) is 0.696. The zero-order valence-corrected chi connectivity index (χ0v) is 13.0. The normalized spacial score (nSPS) is 41.6. The summed E-state index contributed by atoms with van der Waals surface area (Å²) in [4.78, 5) is 0. The Labute approximate surface area is 121 Å². The van der Waals surface area contributed by atoms with E-state index in [-0.39, 0.29) is 0 Å². The van der Waals surface area contributed by atoms with Crippen molar-refractivity contribution in [1.82, 2.24) is 0 Å². The van der Waals surface area contributed by atoms with Gasteiger partial charge in [-0.3, -0.25) is 0 Å². The lowest BCUT2D eigenvalue weighted by Crippen LogP contribution is -2.48. The van der Waals surface area contributed by atoms with Gasteiger partial charge in [0.2, 0.25) is 0 Å². The summed E-state index contributed by atoms with van der Waals surface area (Å²) in [5.41, 5.74) is 9.51. The van der Waals surface area contributed by atoms with Crippen molar-refractivity contribution in [3.05, 3.63) is 20.3 Å². The molecule has 0 amide bonds. The van der Waals surface area contributed by atoms with Crippen LogP contribution in [-0.4, -0.2) is 0 Å². The van der Waals surface area contributed by atoms with Crippen LogP contribution in [-0.2, 0) is 12.0 Å². The Kier molecular flexibility index (Phi) is 2.69. The maximum absolute atomic E-state index is 5.99. The van der Waals surface area contributed by atoms with Gasteiger partial charge < -0.3 is 5.73 Å². The fourth-order valence-corrected chi connectivity index (χ4v) is 7.04. The molecule has 4 aliphatic rings. The van der Waals surface area contributed by atoms with Crippen molar-refractivity contribution in [3.63, 3.8) is 0 Å². The highest BCUT2D eigenvalue weighted by molar-refractivity contribution is 9.11. The van der Waals surface area contributed by atoms with E-state index in [1.54, 1.807) is 5.56 Å². The molecule has 0 spiro atoms. The molecule has 4 saturated carbocycles. The van der Waals surface area contributed by atoms with E-state index < -0.39 is 0 Å². The maximum Gasteiger partial charge on any atom is 0.0746 e. The van der Waals surface area contributed by atoms with Crippen LogP contribution in [0.15, 0.2) is 9.17 Å². The molecule has 5 rings (SSSR count). The van der Waals surface area contributed by atoms with Crippen LogP contribution in [0.1, 0.15) is 49.7 Å². The molecule has 98 valence electrons. The van der Waals surface area contributed by atoms with Gasteiger partial charge in [-0.15, -0.1) is 11.3 Å². The molecule has 0 radical (unpaired) electrons. The van der Waals surface area contributed by atoms with E-state index >= 15 is 0 Å². The van der Waals surface area contributed by atoms with E-state index in [2.05, 4.69) is 21.3 Å². The maximum atomic E-state index is 5.99. The first kappa shape index (κ1) is 11.9. The van der Waals surface area contributed by atoms with Crippen LogP contribution in [0.25, 0.3) is 0 Å². The third-order valence-corrected chi connectivity index (χ3v) is 7.50. The number of nitrogens with two attached hydrogens (primary N) is 1. The third-order valence-electron chi connectivity index (χ3n) is 5.66. The van der Waals surface area contributed by atoms with E-state index in [1.165, 1.54) is 47.9 Å². The van der Waals surface area contributed by atoms with Crippen LogP contribution in [0.5, 0.6) is 0 Å². The topological polar surface area (TPSA) is 26.0 Å². The van der Waals surface area contributed by atoms with E-state index in [0.717, 1.165) is 17.8 Å². The van der Waals surface area contributed by atoms with Gasteiger partial charge in [0.15, 0.2) is 0 Å². The summed E-state index contributed by atoms with van der Waals surface area (Å²) in [5, 5.41) is 2.40. The highest BCUT2D eigenvalue weighted by atomic mass is 79.9. The largest absolute Gasteiger partial charge is 0.326 e. The third kappa shape index (κ3) is 1.60. The highest BCUT2D eigenvalue weighted by Gasteiger charge is 2.52. The lowest BCUT2D eigenvalue weighted by molar-refractivity contribution is -0.00538. The van der Waals surface area contributed by atoms with Gasteiger partial charge in [0.1, 0.15) is 0 Å². The number of thiophene rings is 1. The van der Waals surface area contributed by atoms with E-state index in [9.17, 15) is 0 Å². The smallest absolute Gasteiger partial charge is 0.0746 e. The van der Waals surface area contributed by atoms with Crippen LogP contribution in [0, 0.1) is 17.8 Å². The Morgan fingerprint density at radius 2 is 1.72 bits per heavy atom. The fraction of sp³-hybridized carbons (Fsp3) is 0.733. The zero-order valence-electron chi connectivity index (χ0n) is 10.6. The SMILES string of the molecule is NCc1c(C23CC4CC(CC(C4)C2)C3)csc1Br. The summed E-state index contributed by atoms with van der Waals surface area (Å²) in [6, 6.07) is 0. The van der Waals surface area contributed by atoms with Crippen LogP contribution < -0.4 is 5.73 Å². The summed E-state index contributed by atoms with van der Waals surface area (Å²) >= 11 is 5.54. The van der Waals surface area contributed by atoms with E-state index in [0.29, 0.717) is 12.0 Å². The minimum absolute atomic E-state index is 0.506. The van der Waals surface area contributed by atoms with E-state index in [4.69, 9.17) is 5.73 Å². The van der Waals surface area contributed by atoms with Gasteiger partial charge >= 0.3 is 0 Å². The van der Waals surface area contributed by atoms with Gasteiger partial charge in [-0.25, -0.2) is 0 Å². The molecule has 1 heterocycles. The molecule has 1 nitrogen and oxygen atoms in total. The zero-order chi connectivity index (χ0) is 12.3. The molecule has 4 bridgehead atoms. The second-order valence-electron chi connectivity index (χ2n) is 6.80. The lowest BCUT2D eigenvalue weighted by atomic mass is 9.48. The molecule has 0 saturated heterocycles. The molecular weight excluding hydrogens is 306 g/mol. The van der Waals surface area contributed by atoms with Gasteiger partial charge in [-0.2, -0.15) is 0 Å². The predicted molar refractivity (Wildman–Crippen MR) is 79.8 cm³/mol. The predicted octanol–water partition coefficient (Wildman–Crippen LogP) is 4.44. The highest BCUT2D eigenvalue weighted by Crippen LogP contribution is 2.61. The van der Waals surface area contributed by atoms with Crippen molar-refractivity contribution in [2.75, 3.05) is 0 Å². The molecule has 2 N–H and O–H groups in total. The lowest BCUT2D eigenvalue weighted by Gasteiger charge is -2.57. The first-order valence-electron chi connectivity index (χ1n) is 7.16. The molecule has 4 aliphatic carbocycles. The number of halogens is 1. The van der Waals surface area contributed by atoms with Crippen molar-refractivity contribution >= 4 is 27.3 Å². The second-order valence-corrected chi connectivity index (χ2v) is 9.00. The monoisotopic (exact) mass is 325 g/mol. The molecule has 1 aromatic heterocycles. The molecule has 0 aliphatic heterocycles. The summed E-state index contributed by atoms with van der Waals surface area (Å²) in [5.74, 6) is 3.04. The molecule has 0 atom stereocenters. The summed E-state index contributed by atoms with van der Waals surface area (Å²) < 4.78 is 1.27. The van der Waals surface area contributed by atoms with Crippen molar-refractivity contribution in [1.29, 1.82) is 0 Å². The molecular formula is C15H20BrNS. The van der Waals surface area contributed by atoms with E-state index in [1.807, 2.05) is 11.3 Å². The molecule has 1 aromatic rings. The standard InChI is InChI=1S/C15H20BrNS/c16-14-12(7-17)13(8-18-14)15-4-9-1-10(5-15)3-11(2-9)6-15/h8-11H,1-7,17H2. The minimum atomic E-state index is 0.506. The molecule has 0 unspecified atom stereocenters. The molecule has 3 heteroatoms.